The molecule has 0 spiro atoms. The highest BCUT2D eigenvalue weighted by atomic mass is 31.2. The predicted octanol–water partition coefficient (Wildman–Crippen LogP) is 4.22. The van der Waals surface area contributed by atoms with Gasteiger partial charge in [-0.15, -0.1) is 0 Å². The van der Waals surface area contributed by atoms with Crippen molar-refractivity contribution in [3.05, 3.63) is 0 Å². The molecule has 0 radical (unpaired) electrons. The van der Waals surface area contributed by atoms with Crippen LogP contribution in [0.2, 0.25) is 0 Å². The molecule has 0 heterocycles. The minimum atomic E-state index is -4.32. The average Bonchev–Trinajstić information content (AvgIpc) is 2.69. The molecule has 0 rings (SSSR count). The van der Waals surface area contributed by atoms with Gasteiger partial charge in [-0.05, 0) is 12.8 Å². The fourth-order valence-electron chi connectivity index (χ4n) is 2.63. The quantitative estimate of drug-likeness (QED) is 0.119. The number of likely N-dealkylation sites (N-methyl/N-ethyl adjacent to an activating group) is 1. The molecular weight excluding hydrogens is 437 g/mol. The van der Waals surface area contributed by atoms with Gasteiger partial charge in [0.15, 0.2) is 6.10 Å². The van der Waals surface area contributed by atoms with Crippen molar-refractivity contribution in [3.63, 3.8) is 0 Å². The highest BCUT2D eigenvalue weighted by molar-refractivity contribution is 7.47. The van der Waals surface area contributed by atoms with Gasteiger partial charge in [0.2, 0.25) is 0 Å². The summed E-state index contributed by atoms with van der Waals surface area (Å²) < 4.78 is 33.2. The Morgan fingerprint density at radius 2 is 1.44 bits per heavy atom. The molecule has 0 aromatic rings. The van der Waals surface area contributed by atoms with E-state index in [0.29, 0.717) is 23.9 Å². The Morgan fingerprint density at radius 3 is 2.06 bits per heavy atom. The van der Waals surface area contributed by atoms with Crippen molar-refractivity contribution in [2.45, 2.75) is 84.2 Å². The maximum atomic E-state index is 12.2. The van der Waals surface area contributed by atoms with Crippen LogP contribution in [-0.2, 0) is 32.7 Å². The largest absolute Gasteiger partial charge is 0.472 e. The van der Waals surface area contributed by atoms with Crippen LogP contribution in [0.5, 0.6) is 0 Å². The second-order valence-corrected chi connectivity index (χ2v) is 10.5. The van der Waals surface area contributed by atoms with Crippen molar-refractivity contribution in [1.29, 1.82) is 0 Å². The van der Waals surface area contributed by atoms with Crippen LogP contribution in [0.4, 0.5) is 0 Å². The first kappa shape index (κ1) is 31.0. The molecule has 190 valence electrons. The number of carbonyl (C=O) groups excluding carboxylic acids is 2. The predicted molar refractivity (Wildman–Crippen MR) is 123 cm³/mol. The topological polar surface area (TPSA) is 108 Å². The van der Waals surface area contributed by atoms with Crippen molar-refractivity contribution in [1.82, 2.24) is 0 Å². The lowest BCUT2D eigenvalue weighted by Crippen LogP contribution is -2.37. The number of ether oxygens (including phenoxy) is 2. The average molecular weight is 483 g/mol. The molecule has 0 aliphatic rings. The number of carbonyl (C=O) groups is 2. The van der Waals surface area contributed by atoms with Crippen molar-refractivity contribution < 1.29 is 42.1 Å². The van der Waals surface area contributed by atoms with E-state index in [1.165, 1.54) is 6.42 Å². The molecule has 10 heteroatoms. The van der Waals surface area contributed by atoms with E-state index in [2.05, 4.69) is 6.92 Å². The molecule has 1 N–H and O–H groups in total. The first-order valence-electron chi connectivity index (χ1n) is 11.8. The normalized spacial score (nSPS) is 14.6. The molecular formula is C22H45NO8P+. The smallest absolute Gasteiger partial charge is 0.462 e. The summed E-state index contributed by atoms with van der Waals surface area (Å²) in [6.07, 6.45) is 7.29. The summed E-state index contributed by atoms with van der Waals surface area (Å²) in [6.45, 7) is 4.02. The number of unbranched alkanes of at least 4 members (excludes halogenated alkanes) is 6. The lowest BCUT2D eigenvalue weighted by molar-refractivity contribution is -0.870. The molecule has 0 aliphatic heterocycles. The second-order valence-electron chi connectivity index (χ2n) is 9.03. The van der Waals surface area contributed by atoms with Gasteiger partial charge in [-0.3, -0.25) is 18.6 Å². The number of phosphoric ester groups is 1. The van der Waals surface area contributed by atoms with Gasteiger partial charge in [0.25, 0.3) is 0 Å². The van der Waals surface area contributed by atoms with Gasteiger partial charge in [0, 0.05) is 12.8 Å². The molecule has 9 nitrogen and oxygen atoms in total. The Morgan fingerprint density at radius 1 is 0.844 bits per heavy atom. The van der Waals surface area contributed by atoms with Gasteiger partial charge in [0.05, 0.1) is 27.7 Å². The molecule has 0 bridgehead atoms. The van der Waals surface area contributed by atoms with Gasteiger partial charge in [0.1, 0.15) is 19.8 Å². The van der Waals surface area contributed by atoms with Gasteiger partial charge < -0.3 is 18.9 Å². The van der Waals surface area contributed by atoms with E-state index in [4.69, 9.17) is 18.5 Å². The summed E-state index contributed by atoms with van der Waals surface area (Å²) in [5.41, 5.74) is 0. The fraction of sp³-hybridized carbons (Fsp3) is 0.909. The Kier molecular flexibility index (Phi) is 16.9. The highest BCUT2D eigenvalue weighted by Crippen LogP contribution is 2.43. The summed E-state index contributed by atoms with van der Waals surface area (Å²) in [5, 5.41) is 0. The molecule has 0 saturated heterocycles. The number of nitrogens with zero attached hydrogens (tertiary/aromatic N) is 1. The van der Waals surface area contributed by atoms with E-state index in [-0.39, 0.29) is 26.1 Å². The number of rotatable bonds is 20. The number of quaternary nitrogens is 1. The number of hydrogen-bond donors (Lipinski definition) is 1. The molecule has 1 unspecified atom stereocenters. The zero-order valence-electron chi connectivity index (χ0n) is 20.7. The van der Waals surface area contributed by atoms with Gasteiger partial charge in [-0.25, -0.2) is 4.57 Å². The van der Waals surface area contributed by atoms with E-state index >= 15 is 0 Å². The van der Waals surface area contributed by atoms with E-state index in [9.17, 15) is 19.0 Å². The Hall–Kier alpha value is -0.990. The second kappa shape index (κ2) is 17.5. The summed E-state index contributed by atoms with van der Waals surface area (Å²) in [6, 6.07) is 0. The third kappa shape index (κ3) is 19.7. The van der Waals surface area contributed by atoms with Crippen molar-refractivity contribution in [2.75, 3.05) is 47.5 Å². The zero-order chi connectivity index (χ0) is 24.5. The summed E-state index contributed by atoms with van der Waals surface area (Å²) in [7, 11) is 1.47. The minimum absolute atomic E-state index is 0.0335. The lowest BCUT2D eigenvalue weighted by atomic mass is 10.1. The Balaban J connectivity index is 4.59. The molecule has 32 heavy (non-hydrogen) atoms. The molecule has 0 saturated carbocycles. The molecule has 0 aromatic heterocycles. The first-order chi connectivity index (χ1) is 15.0. The van der Waals surface area contributed by atoms with Crippen LogP contribution in [0.3, 0.4) is 0 Å². The summed E-state index contributed by atoms with van der Waals surface area (Å²) >= 11 is 0. The third-order valence-corrected chi connectivity index (χ3v) is 5.62. The van der Waals surface area contributed by atoms with Crippen LogP contribution in [0, 0.1) is 0 Å². The molecule has 0 aliphatic carbocycles. The van der Waals surface area contributed by atoms with E-state index < -0.39 is 32.5 Å². The SMILES string of the molecule is CCCCCCCCC(=O)O[C@H](COC(=O)CCCC)COP(=O)(O)OCC[N+](C)(C)C. The third-order valence-electron chi connectivity index (χ3n) is 4.64. The maximum absolute atomic E-state index is 12.2. The van der Waals surface area contributed by atoms with Crippen LogP contribution in [0.25, 0.3) is 0 Å². The van der Waals surface area contributed by atoms with Crippen LogP contribution in [0.1, 0.15) is 78.1 Å². The van der Waals surface area contributed by atoms with Crippen molar-refractivity contribution in [2.24, 2.45) is 0 Å². The standard InChI is InChI=1S/C22H44NO8P/c1-6-8-10-11-12-13-15-22(25)31-20(18-28-21(24)14-9-7-2)19-30-32(26,27)29-17-16-23(3,4)5/h20H,6-19H2,1-5H3/p+1/t20-/m1/s1. The fourth-order valence-corrected chi connectivity index (χ4v) is 3.38. The molecule has 0 fully saturated rings. The van der Waals surface area contributed by atoms with Gasteiger partial charge in [-0.2, -0.15) is 0 Å². The van der Waals surface area contributed by atoms with Crippen molar-refractivity contribution in [3.8, 4) is 0 Å². The van der Waals surface area contributed by atoms with Gasteiger partial charge in [-0.1, -0.05) is 52.4 Å². The Labute approximate surface area is 193 Å². The molecule has 0 amide bonds. The minimum Gasteiger partial charge on any atom is -0.462 e. The summed E-state index contributed by atoms with van der Waals surface area (Å²) in [5.74, 6) is -0.854. The zero-order valence-corrected chi connectivity index (χ0v) is 21.6. The highest BCUT2D eigenvalue weighted by Gasteiger charge is 2.26. The molecule has 2 atom stereocenters. The van der Waals surface area contributed by atoms with E-state index in [1.807, 2.05) is 28.1 Å². The Bertz CT molecular complexity index is 565. The van der Waals surface area contributed by atoms with Crippen molar-refractivity contribution >= 4 is 19.8 Å². The first-order valence-corrected chi connectivity index (χ1v) is 13.3. The van der Waals surface area contributed by atoms with Crippen LogP contribution >= 0.6 is 7.82 Å². The lowest BCUT2D eigenvalue weighted by Gasteiger charge is -2.24. The van der Waals surface area contributed by atoms with Crippen LogP contribution < -0.4 is 0 Å². The summed E-state index contributed by atoms with van der Waals surface area (Å²) in [4.78, 5) is 33.9. The number of esters is 2. The van der Waals surface area contributed by atoms with E-state index in [1.54, 1.807) is 0 Å². The van der Waals surface area contributed by atoms with Gasteiger partial charge >= 0.3 is 19.8 Å². The molecule has 0 aromatic carbocycles. The van der Waals surface area contributed by atoms with E-state index in [0.717, 1.165) is 32.1 Å². The van der Waals surface area contributed by atoms with Crippen LogP contribution in [0.15, 0.2) is 0 Å². The maximum Gasteiger partial charge on any atom is 0.472 e. The number of hydrogen-bond acceptors (Lipinski definition) is 7. The number of phosphoric acid groups is 1. The monoisotopic (exact) mass is 482 g/mol. The van der Waals surface area contributed by atoms with Crippen LogP contribution in [-0.4, -0.2) is 74.9 Å².